The predicted octanol–water partition coefficient (Wildman–Crippen LogP) is 4.45. The zero-order valence-electron chi connectivity index (χ0n) is 11.8. The van der Waals surface area contributed by atoms with Crippen molar-refractivity contribution in [2.45, 2.75) is 32.1 Å². The van der Waals surface area contributed by atoms with Crippen molar-refractivity contribution >= 4 is 44.6 Å². The van der Waals surface area contributed by atoms with Gasteiger partial charge in [0.05, 0.1) is 5.69 Å². The van der Waals surface area contributed by atoms with Gasteiger partial charge in [-0.3, -0.25) is 4.79 Å². The van der Waals surface area contributed by atoms with E-state index in [0.717, 1.165) is 16.6 Å². The lowest BCUT2D eigenvalue weighted by Crippen LogP contribution is -2.30. The van der Waals surface area contributed by atoms with Crippen LogP contribution >= 0.6 is 22.9 Å². The molecular weight excluding hydrogens is 304 g/mol. The van der Waals surface area contributed by atoms with Gasteiger partial charge in [-0.2, -0.15) is 0 Å². The SMILES string of the molecule is Nc1c(C(=O)NCC2CCCCC2)sc2ccc(Cl)cc12. The fourth-order valence-electron chi connectivity index (χ4n) is 2.97. The van der Waals surface area contributed by atoms with Gasteiger partial charge in [-0.05, 0) is 37.0 Å². The van der Waals surface area contributed by atoms with E-state index >= 15 is 0 Å². The zero-order chi connectivity index (χ0) is 14.8. The molecule has 0 bridgehead atoms. The maximum atomic E-state index is 12.3. The van der Waals surface area contributed by atoms with Crippen LogP contribution in [0, 0.1) is 5.92 Å². The van der Waals surface area contributed by atoms with Gasteiger partial charge in [0.25, 0.3) is 5.91 Å². The normalized spacial score (nSPS) is 16.2. The average molecular weight is 323 g/mol. The van der Waals surface area contributed by atoms with E-state index in [1.54, 1.807) is 0 Å². The molecule has 0 radical (unpaired) electrons. The number of hydrogen-bond acceptors (Lipinski definition) is 3. The third-order valence-electron chi connectivity index (χ3n) is 4.17. The number of nitrogen functional groups attached to an aromatic ring is 1. The van der Waals surface area contributed by atoms with Crippen molar-refractivity contribution in [1.29, 1.82) is 0 Å². The van der Waals surface area contributed by atoms with Crippen LogP contribution < -0.4 is 11.1 Å². The Balaban J connectivity index is 1.73. The molecule has 0 spiro atoms. The first-order valence-electron chi connectivity index (χ1n) is 7.41. The van der Waals surface area contributed by atoms with Gasteiger partial charge in [0, 0.05) is 21.7 Å². The summed E-state index contributed by atoms with van der Waals surface area (Å²) < 4.78 is 1.000. The van der Waals surface area contributed by atoms with Crippen LogP contribution in [0.2, 0.25) is 5.02 Å². The number of thiophene rings is 1. The first-order chi connectivity index (χ1) is 10.1. The van der Waals surface area contributed by atoms with Crippen molar-refractivity contribution in [2.75, 3.05) is 12.3 Å². The van der Waals surface area contributed by atoms with Gasteiger partial charge in [0.2, 0.25) is 0 Å². The fourth-order valence-corrected chi connectivity index (χ4v) is 4.16. The third-order valence-corrected chi connectivity index (χ3v) is 5.59. The minimum Gasteiger partial charge on any atom is -0.397 e. The molecule has 1 aliphatic rings. The molecule has 0 atom stereocenters. The monoisotopic (exact) mass is 322 g/mol. The highest BCUT2D eigenvalue weighted by Gasteiger charge is 2.19. The summed E-state index contributed by atoms with van der Waals surface area (Å²) in [4.78, 5) is 12.9. The molecule has 3 N–H and O–H groups in total. The number of anilines is 1. The van der Waals surface area contributed by atoms with E-state index in [9.17, 15) is 4.79 Å². The molecule has 1 heterocycles. The van der Waals surface area contributed by atoms with Gasteiger partial charge in [0.1, 0.15) is 4.88 Å². The number of carbonyl (C=O) groups excluding carboxylic acids is 1. The maximum Gasteiger partial charge on any atom is 0.263 e. The molecule has 3 nitrogen and oxygen atoms in total. The summed E-state index contributed by atoms with van der Waals surface area (Å²) in [6, 6.07) is 5.56. The number of halogens is 1. The summed E-state index contributed by atoms with van der Waals surface area (Å²) in [6.45, 7) is 0.757. The summed E-state index contributed by atoms with van der Waals surface area (Å²) >= 11 is 7.42. The van der Waals surface area contributed by atoms with Crippen LogP contribution in [0.1, 0.15) is 41.8 Å². The van der Waals surface area contributed by atoms with E-state index in [1.165, 1.54) is 43.4 Å². The van der Waals surface area contributed by atoms with E-state index < -0.39 is 0 Å². The molecule has 3 rings (SSSR count). The Hall–Kier alpha value is -1.26. The molecule has 1 aromatic carbocycles. The third kappa shape index (κ3) is 3.16. The van der Waals surface area contributed by atoms with Crippen LogP contribution in [-0.2, 0) is 0 Å². The van der Waals surface area contributed by atoms with Crippen molar-refractivity contribution in [2.24, 2.45) is 5.92 Å². The van der Waals surface area contributed by atoms with E-state index in [2.05, 4.69) is 5.32 Å². The Morgan fingerprint density at radius 2 is 2.10 bits per heavy atom. The molecule has 1 saturated carbocycles. The van der Waals surface area contributed by atoms with Gasteiger partial charge >= 0.3 is 0 Å². The number of benzene rings is 1. The van der Waals surface area contributed by atoms with E-state index in [1.807, 2.05) is 18.2 Å². The number of hydrogen-bond donors (Lipinski definition) is 2. The van der Waals surface area contributed by atoms with Gasteiger partial charge in [0.15, 0.2) is 0 Å². The molecule has 112 valence electrons. The van der Waals surface area contributed by atoms with Crippen LogP contribution in [0.15, 0.2) is 18.2 Å². The highest BCUT2D eigenvalue weighted by atomic mass is 35.5. The zero-order valence-corrected chi connectivity index (χ0v) is 13.4. The molecule has 0 unspecified atom stereocenters. The number of rotatable bonds is 3. The summed E-state index contributed by atoms with van der Waals surface area (Å²) in [5.41, 5.74) is 6.65. The number of amides is 1. The molecule has 5 heteroatoms. The topological polar surface area (TPSA) is 55.1 Å². The Bertz CT molecular complexity index is 662. The van der Waals surface area contributed by atoms with Crippen molar-refractivity contribution in [3.63, 3.8) is 0 Å². The highest BCUT2D eigenvalue weighted by Crippen LogP contribution is 2.35. The van der Waals surface area contributed by atoms with E-state index in [-0.39, 0.29) is 5.91 Å². The van der Waals surface area contributed by atoms with Crippen LogP contribution in [0.25, 0.3) is 10.1 Å². The highest BCUT2D eigenvalue weighted by molar-refractivity contribution is 7.21. The molecule has 2 aromatic rings. The molecule has 1 aliphatic carbocycles. The minimum absolute atomic E-state index is 0.0598. The lowest BCUT2D eigenvalue weighted by Gasteiger charge is -2.21. The van der Waals surface area contributed by atoms with Crippen molar-refractivity contribution < 1.29 is 4.79 Å². The number of fused-ring (bicyclic) bond motifs is 1. The summed E-state index contributed by atoms with van der Waals surface area (Å²) in [7, 11) is 0. The molecule has 1 aromatic heterocycles. The molecule has 0 aliphatic heterocycles. The molecule has 1 fully saturated rings. The predicted molar refractivity (Wildman–Crippen MR) is 90.2 cm³/mol. The lowest BCUT2D eigenvalue weighted by molar-refractivity contribution is 0.0948. The quantitative estimate of drug-likeness (QED) is 0.877. The summed E-state index contributed by atoms with van der Waals surface area (Å²) in [5, 5.41) is 4.55. The summed E-state index contributed by atoms with van der Waals surface area (Å²) in [6.07, 6.45) is 6.33. The second-order valence-corrected chi connectivity index (χ2v) is 7.19. The fraction of sp³-hybridized carbons (Fsp3) is 0.438. The smallest absolute Gasteiger partial charge is 0.263 e. The number of carbonyl (C=O) groups is 1. The van der Waals surface area contributed by atoms with Crippen LogP contribution in [0.4, 0.5) is 5.69 Å². The van der Waals surface area contributed by atoms with Crippen molar-refractivity contribution in [1.82, 2.24) is 5.32 Å². The Kier molecular flexibility index (Phi) is 4.36. The van der Waals surface area contributed by atoms with Gasteiger partial charge in [-0.1, -0.05) is 30.9 Å². The van der Waals surface area contributed by atoms with Crippen LogP contribution in [0.3, 0.4) is 0 Å². The maximum absolute atomic E-state index is 12.3. The second kappa shape index (κ2) is 6.24. The molecule has 0 saturated heterocycles. The van der Waals surface area contributed by atoms with Gasteiger partial charge in [-0.25, -0.2) is 0 Å². The van der Waals surface area contributed by atoms with Gasteiger partial charge in [-0.15, -0.1) is 11.3 Å². The van der Waals surface area contributed by atoms with Crippen LogP contribution in [-0.4, -0.2) is 12.5 Å². The van der Waals surface area contributed by atoms with Crippen molar-refractivity contribution in [3.05, 3.63) is 28.1 Å². The Morgan fingerprint density at radius 3 is 2.86 bits per heavy atom. The Morgan fingerprint density at radius 1 is 1.33 bits per heavy atom. The number of nitrogens with one attached hydrogen (secondary N) is 1. The first-order valence-corrected chi connectivity index (χ1v) is 8.60. The van der Waals surface area contributed by atoms with Crippen LogP contribution in [0.5, 0.6) is 0 Å². The summed E-state index contributed by atoms with van der Waals surface area (Å²) in [5.74, 6) is 0.558. The molecule has 1 amide bonds. The molecule has 21 heavy (non-hydrogen) atoms. The average Bonchev–Trinajstić information content (AvgIpc) is 2.83. The number of nitrogens with two attached hydrogens (primary N) is 1. The molecular formula is C16H19ClN2OS. The van der Waals surface area contributed by atoms with E-state index in [4.69, 9.17) is 17.3 Å². The largest absolute Gasteiger partial charge is 0.397 e. The lowest BCUT2D eigenvalue weighted by atomic mass is 9.89. The minimum atomic E-state index is -0.0598. The standard InChI is InChI=1S/C16H19ClN2OS/c17-11-6-7-13-12(8-11)14(18)15(21-13)16(20)19-9-10-4-2-1-3-5-10/h6-8,10H,1-5,9,18H2,(H,19,20). The van der Waals surface area contributed by atoms with E-state index in [0.29, 0.717) is 21.5 Å². The van der Waals surface area contributed by atoms with Gasteiger partial charge < -0.3 is 11.1 Å². The van der Waals surface area contributed by atoms with Crippen molar-refractivity contribution in [3.8, 4) is 0 Å². The Labute approximate surface area is 133 Å². The first kappa shape index (κ1) is 14.7. The second-order valence-electron chi connectivity index (χ2n) is 5.70.